The number of halogens is 1. The van der Waals surface area contributed by atoms with Crippen LogP contribution in [0, 0.1) is 6.92 Å². The number of nitrogens with one attached hydrogen (secondary N) is 1. The molecule has 4 aromatic rings. The van der Waals surface area contributed by atoms with Crippen LogP contribution in [0.2, 0.25) is 5.02 Å². The molecule has 0 bridgehead atoms. The van der Waals surface area contributed by atoms with Gasteiger partial charge in [-0.15, -0.1) is 0 Å². The number of carbonyl (C=O) groups excluding carboxylic acids is 2. The molecule has 7 nitrogen and oxygen atoms in total. The maximum absolute atomic E-state index is 14.4. The Morgan fingerprint density at radius 1 is 0.837 bits per heavy atom. The smallest absolute Gasteiger partial charge is 0.264 e. The number of anilines is 1. The predicted octanol–water partition coefficient (Wildman–Crippen LogP) is 6.01. The van der Waals surface area contributed by atoms with E-state index in [-0.39, 0.29) is 23.8 Å². The maximum Gasteiger partial charge on any atom is 0.264 e. The second kappa shape index (κ2) is 14.8. The molecule has 0 heterocycles. The average Bonchev–Trinajstić information content (AvgIpc) is 3.01. The molecule has 4 rings (SSSR count). The minimum absolute atomic E-state index is 0.0591. The second-order valence-corrected chi connectivity index (χ2v) is 12.6. The SMILES string of the molecule is CCCNC(=O)[C@@H](Cc1ccccc1)N(Cc1cccc(Cl)c1)C(=O)CN(c1ccc(C)cc1)S(=O)(=O)c1ccccc1. The van der Waals surface area contributed by atoms with E-state index in [1.807, 2.05) is 50.2 Å². The fourth-order valence-electron chi connectivity index (χ4n) is 4.71. The first-order chi connectivity index (χ1) is 20.7. The summed E-state index contributed by atoms with van der Waals surface area (Å²) in [7, 11) is -4.13. The number of benzene rings is 4. The van der Waals surface area contributed by atoms with Gasteiger partial charge in [0.15, 0.2) is 0 Å². The van der Waals surface area contributed by atoms with E-state index in [0.717, 1.165) is 27.4 Å². The largest absolute Gasteiger partial charge is 0.354 e. The van der Waals surface area contributed by atoms with Crippen LogP contribution in [0.4, 0.5) is 5.69 Å². The molecule has 0 fully saturated rings. The van der Waals surface area contributed by atoms with Gasteiger partial charge in [-0.05, 0) is 60.9 Å². The topological polar surface area (TPSA) is 86.8 Å². The molecule has 0 saturated carbocycles. The van der Waals surface area contributed by atoms with Crippen LogP contribution in [0.1, 0.15) is 30.0 Å². The number of sulfonamides is 1. The zero-order chi connectivity index (χ0) is 30.8. The van der Waals surface area contributed by atoms with E-state index in [4.69, 9.17) is 11.6 Å². The normalized spacial score (nSPS) is 11.9. The summed E-state index contributed by atoms with van der Waals surface area (Å²) < 4.78 is 29.1. The highest BCUT2D eigenvalue weighted by Gasteiger charge is 2.34. The van der Waals surface area contributed by atoms with Gasteiger partial charge < -0.3 is 10.2 Å². The highest BCUT2D eigenvalue weighted by molar-refractivity contribution is 7.92. The molecule has 0 unspecified atom stereocenters. The number of hydrogen-bond donors (Lipinski definition) is 1. The number of hydrogen-bond acceptors (Lipinski definition) is 4. The number of nitrogens with zero attached hydrogens (tertiary/aromatic N) is 2. The molecular formula is C34H36ClN3O4S. The summed E-state index contributed by atoms with van der Waals surface area (Å²) >= 11 is 6.28. The fraction of sp³-hybridized carbons (Fsp3) is 0.235. The van der Waals surface area contributed by atoms with E-state index in [9.17, 15) is 18.0 Å². The second-order valence-electron chi connectivity index (χ2n) is 10.3. The molecule has 4 aromatic carbocycles. The molecule has 43 heavy (non-hydrogen) atoms. The lowest BCUT2D eigenvalue weighted by Gasteiger charge is -2.34. The maximum atomic E-state index is 14.4. The molecule has 0 aliphatic heterocycles. The van der Waals surface area contributed by atoms with Crippen LogP contribution >= 0.6 is 11.6 Å². The summed E-state index contributed by atoms with van der Waals surface area (Å²) in [4.78, 5) is 29.6. The van der Waals surface area contributed by atoms with E-state index in [0.29, 0.717) is 17.3 Å². The molecule has 1 atom stereocenters. The summed E-state index contributed by atoms with van der Waals surface area (Å²) in [5.74, 6) is -0.832. The van der Waals surface area contributed by atoms with Gasteiger partial charge in [-0.25, -0.2) is 8.42 Å². The molecule has 2 amide bonds. The Labute approximate surface area is 259 Å². The van der Waals surface area contributed by atoms with Crippen molar-refractivity contribution in [2.24, 2.45) is 0 Å². The Kier molecular flexibility index (Phi) is 11.0. The van der Waals surface area contributed by atoms with Gasteiger partial charge in [0, 0.05) is 24.5 Å². The predicted molar refractivity (Wildman–Crippen MR) is 171 cm³/mol. The minimum Gasteiger partial charge on any atom is -0.354 e. The van der Waals surface area contributed by atoms with Gasteiger partial charge >= 0.3 is 0 Å². The quantitative estimate of drug-likeness (QED) is 0.199. The minimum atomic E-state index is -4.13. The van der Waals surface area contributed by atoms with Crippen molar-refractivity contribution in [3.63, 3.8) is 0 Å². The lowest BCUT2D eigenvalue weighted by molar-refractivity contribution is -0.140. The van der Waals surface area contributed by atoms with Crippen LogP contribution in [0.25, 0.3) is 0 Å². The van der Waals surface area contributed by atoms with Gasteiger partial charge in [-0.3, -0.25) is 13.9 Å². The molecule has 1 N–H and O–H groups in total. The Balaban J connectivity index is 1.78. The number of rotatable bonds is 13. The highest BCUT2D eigenvalue weighted by Crippen LogP contribution is 2.25. The van der Waals surface area contributed by atoms with Crippen molar-refractivity contribution in [2.75, 3.05) is 17.4 Å². The molecule has 0 spiro atoms. The van der Waals surface area contributed by atoms with Crippen LogP contribution in [-0.2, 0) is 32.6 Å². The summed E-state index contributed by atoms with van der Waals surface area (Å²) in [6.07, 6.45) is 0.973. The third-order valence-electron chi connectivity index (χ3n) is 6.99. The number of aryl methyl sites for hydroxylation is 1. The van der Waals surface area contributed by atoms with Crippen molar-refractivity contribution >= 4 is 39.1 Å². The van der Waals surface area contributed by atoms with Crippen LogP contribution in [-0.4, -0.2) is 44.3 Å². The fourth-order valence-corrected chi connectivity index (χ4v) is 6.36. The average molecular weight is 618 g/mol. The zero-order valence-corrected chi connectivity index (χ0v) is 25.9. The summed E-state index contributed by atoms with van der Waals surface area (Å²) in [6.45, 7) is 3.86. The summed E-state index contributed by atoms with van der Waals surface area (Å²) in [6, 6.07) is 30.6. The van der Waals surface area contributed by atoms with Crippen LogP contribution in [0.5, 0.6) is 0 Å². The Morgan fingerprint density at radius 2 is 1.47 bits per heavy atom. The molecule has 224 valence electrons. The standard InChI is InChI=1S/C34H36ClN3O4S/c1-3-21-36-34(40)32(23-27-11-6-4-7-12-27)37(24-28-13-10-14-29(35)22-28)33(39)25-38(30-19-17-26(2)18-20-30)43(41,42)31-15-8-5-9-16-31/h4-20,22,32H,3,21,23-25H2,1-2H3,(H,36,40)/t32-/m1/s1. The highest BCUT2D eigenvalue weighted by atomic mass is 35.5. The van der Waals surface area contributed by atoms with Crippen molar-refractivity contribution in [1.82, 2.24) is 10.2 Å². The number of amides is 2. The van der Waals surface area contributed by atoms with E-state index in [1.165, 1.54) is 17.0 Å². The molecule has 0 aliphatic rings. The Morgan fingerprint density at radius 3 is 2.09 bits per heavy atom. The monoisotopic (exact) mass is 617 g/mol. The van der Waals surface area contributed by atoms with Gasteiger partial charge in [-0.1, -0.05) is 96.9 Å². The zero-order valence-electron chi connectivity index (χ0n) is 24.3. The van der Waals surface area contributed by atoms with Crippen molar-refractivity contribution < 1.29 is 18.0 Å². The van der Waals surface area contributed by atoms with E-state index >= 15 is 0 Å². The molecule has 9 heteroatoms. The van der Waals surface area contributed by atoms with Gasteiger partial charge in [0.2, 0.25) is 11.8 Å². The molecule has 0 saturated heterocycles. The third-order valence-corrected chi connectivity index (χ3v) is 9.02. The third kappa shape index (κ3) is 8.46. The van der Waals surface area contributed by atoms with Gasteiger partial charge in [0.25, 0.3) is 10.0 Å². The van der Waals surface area contributed by atoms with Gasteiger partial charge in [-0.2, -0.15) is 0 Å². The van der Waals surface area contributed by atoms with Gasteiger partial charge in [0.1, 0.15) is 12.6 Å². The first-order valence-electron chi connectivity index (χ1n) is 14.2. The lowest BCUT2D eigenvalue weighted by Crippen LogP contribution is -2.53. The summed E-state index contributed by atoms with van der Waals surface area (Å²) in [5, 5.41) is 3.44. The van der Waals surface area contributed by atoms with Gasteiger partial charge in [0.05, 0.1) is 10.6 Å². The molecule has 0 aliphatic carbocycles. The molecular weight excluding hydrogens is 582 g/mol. The van der Waals surface area contributed by atoms with Crippen molar-refractivity contribution in [2.45, 2.75) is 44.2 Å². The Hall–Kier alpha value is -4.14. The first kappa shape index (κ1) is 31.8. The van der Waals surface area contributed by atoms with E-state index in [1.54, 1.807) is 60.7 Å². The summed E-state index contributed by atoms with van der Waals surface area (Å²) in [5.41, 5.74) is 2.89. The Bertz CT molecular complexity index is 1610. The van der Waals surface area contributed by atoms with E-state index < -0.39 is 28.5 Å². The van der Waals surface area contributed by atoms with Crippen LogP contribution < -0.4 is 9.62 Å². The molecule has 0 radical (unpaired) electrons. The van der Waals surface area contributed by atoms with Crippen LogP contribution in [0.15, 0.2) is 114 Å². The lowest BCUT2D eigenvalue weighted by atomic mass is 10.0. The molecule has 0 aromatic heterocycles. The van der Waals surface area contributed by atoms with Crippen LogP contribution in [0.3, 0.4) is 0 Å². The van der Waals surface area contributed by atoms with Crippen molar-refractivity contribution in [3.05, 3.63) is 131 Å². The van der Waals surface area contributed by atoms with Crippen molar-refractivity contribution in [3.8, 4) is 0 Å². The first-order valence-corrected chi connectivity index (χ1v) is 16.0. The van der Waals surface area contributed by atoms with E-state index in [2.05, 4.69) is 5.32 Å². The van der Waals surface area contributed by atoms with Crippen molar-refractivity contribution in [1.29, 1.82) is 0 Å². The number of carbonyl (C=O) groups is 2.